The second-order valence-corrected chi connectivity index (χ2v) is 8.64. The summed E-state index contributed by atoms with van der Waals surface area (Å²) in [5.74, 6) is 0.285. The van der Waals surface area contributed by atoms with Crippen LogP contribution in [-0.4, -0.2) is 17.1 Å². The van der Waals surface area contributed by atoms with Crippen LogP contribution >= 0.6 is 23.5 Å². The van der Waals surface area contributed by atoms with Gasteiger partial charge in [0, 0.05) is 27.5 Å². The lowest BCUT2D eigenvalue weighted by atomic mass is 10.0. The van der Waals surface area contributed by atoms with Gasteiger partial charge in [-0.3, -0.25) is 4.99 Å². The molecule has 0 saturated carbocycles. The molecule has 0 radical (unpaired) electrons. The summed E-state index contributed by atoms with van der Waals surface area (Å²) in [6, 6.07) is 17.8. The summed E-state index contributed by atoms with van der Waals surface area (Å²) in [5.41, 5.74) is 2.08. The summed E-state index contributed by atoms with van der Waals surface area (Å²) >= 11 is 3.42. The Morgan fingerprint density at radius 1 is 1.18 bits per heavy atom. The molecule has 0 aliphatic carbocycles. The number of aromatic hydroxyl groups is 1. The van der Waals surface area contributed by atoms with Gasteiger partial charge in [-0.1, -0.05) is 24.3 Å². The molecule has 1 N–H and O–H groups in total. The van der Waals surface area contributed by atoms with Gasteiger partial charge < -0.3 is 9.52 Å². The van der Waals surface area contributed by atoms with Gasteiger partial charge in [0.15, 0.2) is 0 Å². The Kier molecular flexibility index (Phi) is 5.33. The zero-order valence-corrected chi connectivity index (χ0v) is 17.1. The van der Waals surface area contributed by atoms with Crippen molar-refractivity contribution in [2.24, 2.45) is 4.99 Å². The third kappa shape index (κ3) is 3.75. The number of hydrogen-bond donors (Lipinski definition) is 1. The van der Waals surface area contributed by atoms with E-state index < -0.39 is 5.63 Å². The van der Waals surface area contributed by atoms with Gasteiger partial charge in [-0.15, -0.1) is 23.5 Å². The minimum Gasteiger partial charge on any atom is -0.507 e. The van der Waals surface area contributed by atoms with Gasteiger partial charge in [0.25, 0.3) is 0 Å². The van der Waals surface area contributed by atoms with Crippen LogP contribution in [-0.2, 0) is 0 Å². The van der Waals surface area contributed by atoms with Crippen LogP contribution in [0, 0.1) is 6.92 Å². The zero-order chi connectivity index (χ0) is 19.7. The molecule has 1 aliphatic heterocycles. The summed E-state index contributed by atoms with van der Waals surface area (Å²) in [4.78, 5) is 19.5. The number of fused-ring (bicyclic) bond motifs is 1. The molecule has 3 aromatic rings. The van der Waals surface area contributed by atoms with Gasteiger partial charge in [-0.05, 0) is 43.0 Å². The Bertz CT molecular complexity index is 1100. The average Bonchev–Trinajstić information content (AvgIpc) is 2.87. The van der Waals surface area contributed by atoms with E-state index >= 15 is 0 Å². The van der Waals surface area contributed by atoms with Crippen molar-refractivity contribution in [1.82, 2.24) is 0 Å². The lowest BCUT2D eigenvalue weighted by Gasteiger charge is -2.16. The van der Waals surface area contributed by atoms with Gasteiger partial charge in [-0.25, -0.2) is 4.79 Å². The van der Waals surface area contributed by atoms with Crippen molar-refractivity contribution in [3.63, 3.8) is 0 Å². The van der Waals surface area contributed by atoms with Crippen LogP contribution < -0.4 is 5.63 Å². The van der Waals surface area contributed by atoms with Gasteiger partial charge in [0.2, 0.25) is 0 Å². The van der Waals surface area contributed by atoms with Crippen LogP contribution in [0.15, 0.2) is 78.6 Å². The van der Waals surface area contributed by atoms with Crippen LogP contribution in [0.4, 0.5) is 5.69 Å². The highest BCUT2D eigenvalue weighted by Gasteiger charge is 2.26. The fourth-order valence-corrected chi connectivity index (χ4v) is 4.88. The molecule has 2 aromatic carbocycles. The molecule has 1 aliphatic rings. The maximum atomic E-state index is 12.5. The van der Waals surface area contributed by atoms with E-state index in [1.165, 1.54) is 11.0 Å². The van der Waals surface area contributed by atoms with E-state index in [1.54, 1.807) is 30.4 Å². The quantitative estimate of drug-likeness (QED) is 0.560. The van der Waals surface area contributed by atoms with Crippen LogP contribution in [0.1, 0.15) is 28.6 Å². The van der Waals surface area contributed by atoms with E-state index in [4.69, 9.17) is 9.41 Å². The Balaban J connectivity index is 1.83. The van der Waals surface area contributed by atoms with Crippen LogP contribution in [0.3, 0.4) is 0 Å². The van der Waals surface area contributed by atoms with E-state index in [1.807, 2.05) is 24.3 Å². The standard InChI is InChI=1S/C22H19NO3S2/c1-13-11-18(24)21(22(25)26-13)17-12-20(14-7-9-15(27-2)10-8-14)28-19-6-4-3-5-16(19)23-17/h3-11,20,24H,12H2,1-2H3/t20-/m1/s1. The molecule has 0 saturated heterocycles. The second-order valence-electron chi connectivity index (χ2n) is 6.51. The molecular formula is C22H19NO3S2. The lowest BCUT2D eigenvalue weighted by molar-refractivity contribution is 0.432. The fraction of sp³-hybridized carbons (Fsp3) is 0.182. The molecule has 2 heterocycles. The predicted molar refractivity (Wildman–Crippen MR) is 115 cm³/mol. The van der Waals surface area contributed by atoms with Crippen molar-refractivity contribution < 1.29 is 9.52 Å². The number of para-hydroxylation sites is 1. The van der Waals surface area contributed by atoms with Gasteiger partial charge in [0.1, 0.15) is 17.1 Å². The Morgan fingerprint density at radius 3 is 2.64 bits per heavy atom. The maximum Gasteiger partial charge on any atom is 0.348 e. The largest absolute Gasteiger partial charge is 0.507 e. The molecule has 0 amide bonds. The zero-order valence-electron chi connectivity index (χ0n) is 15.5. The number of nitrogens with zero attached hydrogens (tertiary/aromatic N) is 1. The molecule has 28 heavy (non-hydrogen) atoms. The highest BCUT2D eigenvalue weighted by molar-refractivity contribution is 7.99. The molecule has 6 heteroatoms. The summed E-state index contributed by atoms with van der Waals surface area (Å²) in [5, 5.41) is 10.5. The van der Waals surface area contributed by atoms with Crippen molar-refractivity contribution in [1.29, 1.82) is 0 Å². The third-order valence-corrected chi connectivity index (χ3v) is 6.66. The SMILES string of the molecule is CSc1ccc([C@H]2CC(c3c(O)cc(C)oc3=O)=Nc3ccccc3S2)cc1. The predicted octanol–water partition coefficient (Wildman–Crippen LogP) is 5.73. The minimum atomic E-state index is -0.558. The maximum absolute atomic E-state index is 12.5. The Morgan fingerprint density at radius 2 is 1.93 bits per heavy atom. The smallest absolute Gasteiger partial charge is 0.348 e. The molecule has 4 rings (SSSR count). The molecule has 0 spiro atoms. The number of aryl methyl sites for hydroxylation is 1. The normalized spacial score (nSPS) is 16.2. The summed E-state index contributed by atoms with van der Waals surface area (Å²) in [7, 11) is 0. The first-order chi connectivity index (χ1) is 13.5. The van der Waals surface area contributed by atoms with E-state index in [9.17, 15) is 9.90 Å². The van der Waals surface area contributed by atoms with E-state index in [-0.39, 0.29) is 16.6 Å². The number of hydrogen-bond acceptors (Lipinski definition) is 6. The first-order valence-electron chi connectivity index (χ1n) is 8.86. The Hall–Kier alpha value is -2.44. The monoisotopic (exact) mass is 409 g/mol. The van der Waals surface area contributed by atoms with Crippen molar-refractivity contribution in [2.75, 3.05) is 6.26 Å². The summed E-state index contributed by atoms with van der Waals surface area (Å²) in [6.45, 7) is 1.64. The molecule has 1 atom stereocenters. The number of thioether (sulfide) groups is 2. The molecule has 0 unspecified atom stereocenters. The van der Waals surface area contributed by atoms with Crippen molar-refractivity contribution in [3.8, 4) is 5.75 Å². The summed E-state index contributed by atoms with van der Waals surface area (Å²) in [6.07, 6.45) is 2.56. The molecule has 0 bridgehead atoms. The molecule has 0 fully saturated rings. The van der Waals surface area contributed by atoms with Crippen LogP contribution in [0.25, 0.3) is 0 Å². The number of aliphatic imine (C=N–C) groups is 1. The van der Waals surface area contributed by atoms with Crippen LogP contribution in [0.2, 0.25) is 0 Å². The topological polar surface area (TPSA) is 62.8 Å². The second kappa shape index (κ2) is 7.89. The Labute approximate surface area is 171 Å². The van der Waals surface area contributed by atoms with Gasteiger partial charge in [0.05, 0.1) is 11.4 Å². The number of rotatable bonds is 3. The van der Waals surface area contributed by atoms with E-state index in [2.05, 4.69) is 30.5 Å². The molecular weight excluding hydrogens is 390 g/mol. The number of benzene rings is 2. The first kappa shape index (κ1) is 18.9. The molecule has 142 valence electrons. The van der Waals surface area contributed by atoms with E-state index in [0.717, 1.165) is 16.1 Å². The minimum absolute atomic E-state index is 0.0680. The van der Waals surface area contributed by atoms with Crippen molar-refractivity contribution in [3.05, 3.63) is 81.9 Å². The van der Waals surface area contributed by atoms with Crippen LogP contribution in [0.5, 0.6) is 5.75 Å². The van der Waals surface area contributed by atoms with Crippen molar-refractivity contribution >= 4 is 34.9 Å². The highest BCUT2D eigenvalue weighted by atomic mass is 32.2. The highest BCUT2D eigenvalue weighted by Crippen LogP contribution is 2.45. The average molecular weight is 410 g/mol. The molecule has 4 nitrogen and oxygen atoms in total. The lowest BCUT2D eigenvalue weighted by Crippen LogP contribution is -2.16. The first-order valence-corrected chi connectivity index (χ1v) is 11.0. The van der Waals surface area contributed by atoms with Gasteiger partial charge in [-0.2, -0.15) is 0 Å². The molecule has 1 aromatic heterocycles. The van der Waals surface area contributed by atoms with Crippen molar-refractivity contribution in [2.45, 2.75) is 28.4 Å². The fourth-order valence-electron chi connectivity index (χ4n) is 3.23. The third-order valence-electron chi connectivity index (χ3n) is 4.60. The van der Waals surface area contributed by atoms with Gasteiger partial charge >= 0.3 is 5.63 Å². The van der Waals surface area contributed by atoms with E-state index in [0.29, 0.717) is 17.9 Å². The summed E-state index contributed by atoms with van der Waals surface area (Å²) < 4.78 is 5.24.